The minimum atomic E-state index is -0.390. The fourth-order valence-electron chi connectivity index (χ4n) is 2.57. The van der Waals surface area contributed by atoms with Gasteiger partial charge in [-0.1, -0.05) is 0 Å². The van der Waals surface area contributed by atoms with Crippen molar-refractivity contribution in [3.8, 4) is 5.75 Å². The molecule has 0 unspecified atom stereocenters. The number of ketones is 1. The minimum absolute atomic E-state index is 0.142. The van der Waals surface area contributed by atoms with E-state index in [1.807, 2.05) is 25.1 Å². The highest BCUT2D eigenvalue weighted by Gasteiger charge is 2.10. The van der Waals surface area contributed by atoms with Crippen LogP contribution >= 0.6 is 22.6 Å². The fraction of sp³-hybridized carbons (Fsp3) is 0.0909. The van der Waals surface area contributed by atoms with Crippen molar-refractivity contribution >= 4 is 40.0 Å². The van der Waals surface area contributed by atoms with Crippen LogP contribution in [0.15, 0.2) is 66.7 Å². The molecule has 0 saturated carbocycles. The maximum atomic E-state index is 13.0. The van der Waals surface area contributed by atoms with Gasteiger partial charge in [-0.05, 0) is 102 Å². The third-order valence-electron chi connectivity index (χ3n) is 4.06. The maximum Gasteiger partial charge on any atom is 0.262 e. The lowest BCUT2D eigenvalue weighted by molar-refractivity contribution is -0.118. The first-order valence-electron chi connectivity index (χ1n) is 8.51. The summed E-state index contributed by atoms with van der Waals surface area (Å²) in [6, 6.07) is 17.6. The molecule has 0 aromatic heterocycles. The van der Waals surface area contributed by atoms with E-state index in [4.69, 9.17) is 4.74 Å². The van der Waals surface area contributed by atoms with Gasteiger partial charge in [0, 0.05) is 20.4 Å². The molecule has 142 valence electrons. The molecule has 0 aliphatic rings. The molecular formula is C22H17FINO3. The second-order valence-electron chi connectivity index (χ2n) is 6.16. The SMILES string of the molecule is Cc1cc(I)ccc1NC(=O)COc1ccc(C(=O)c2ccc(F)cc2)cc1. The molecule has 0 saturated heterocycles. The summed E-state index contributed by atoms with van der Waals surface area (Å²) in [5.41, 5.74) is 2.58. The summed E-state index contributed by atoms with van der Waals surface area (Å²) in [7, 11) is 0. The number of hydrogen-bond acceptors (Lipinski definition) is 3. The standard InChI is InChI=1S/C22H17FINO3/c1-14-12-18(24)8-11-20(14)25-21(26)13-28-19-9-4-16(5-10-19)22(27)15-2-6-17(23)7-3-15/h2-12H,13H2,1H3,(H,25,26). The highest BCUT2D eigenvalue weighted by molar-refractivity contribution is 14.1. The van der Waals surface area contributed by atoms with Crippen molar-refractivity contribution < 1.29 is 18.7 Å². The first kappa shape index (κ1) is 20.0. The van der Waals surface area contributed by atoms with E-state index in [-0.39, 0.29) is 24.1 Å². The van der Waals surface area contributed by atoms with Crippen LogP contribution in [0.4, 0.5) is 10.1 Å². The van der Waals surface area contributed by atoms with Crippen LogP contribution in [-0.2, 0) is 4.79 Å². The molecule has 1 N–H and O–H groups in total. The summed E-state index contributed by atoms with van der Waals surface area (Å²) in [6.07, 6.45) is 0. The van der Waals surface area contributed by atoms with E-state index < -0.39 is 0 Å². The van der Waals surface area contributed by atoms with Crippen LogP contribution in [-0.4, -0.2) is 18.3 Å². The molecule has 0 aliphatic heterocycles. The second kappa shape index (κ2) is 8.97. The topological polar surface area (TPSA) is 55.4 Å². The van der Waals surface area contributed by atoms with Crippen LogP contribution in [0.2, 0.25) is 0 Å². The van der Waals surface area contributed by atoms with Gasteiger partial charge in [0.2, 0.25) is 0 Å². The first-order valence-corrected chi connectivity index (χ1v) is 9.59. The zero-order chi connectivity index (χ0) is 20.1. The third-order valence-corrected chi connectivity index (χ3v) is 4.73. The van der Waals surface area contributed by atoms with Crippen LogP contribution < -0.4 is 10.1 Å². The van der Waals surface area contributed by atoms with Crippen molar-refractivity contribution in [2.24, 2.45) is 0 Å². The summed E-state index contributed by atoms with van der Waals surface area (Å²) in [4.78, 5) is 24.5. The third kappa shape index (κ3) is 5.16. The second-order valence-corrected chi connectivity index (χ2v) is 7.40. The number of ether oxygens (including phenoxy) is 1. The molecular weight excluding hydrogens is 472 g/mol. The van der Waals surface area contributed by atoms with Gasteiger partial charge in [0.15, 0.2) is 12.4 Å². The monoisotopic (exact) mass is 489 g/mol. The van der Waals surface area contributed by atoms with Gasteiger partial charge in [-0.25, -0.2) is 4.39 Å². The zero-order valence-electron chi connectivity index (χ0n) is 15.0. The Morgan fingerprint density at radius 1 is 0.964 bits per heavy atom. The van der Waals surface area contributed by atoms with E-state index >= 15 is 0 Å². The molecule has 0 fully saturated rings. The van der Waals surface area contributed by atoms with Crippen LogP contribution in [0.5, 0.6) is 5.75 Å². The number of benzene rings is 3. The van der Waals surface area contributed by atoms with Crippen LogP contribution in [0, 0.1) is 16.3 Å². The van der Waals surface area contributed by atoms with E-state index in [1.165, 1.54) is 24.3 Å². The van der Waals surface area contributed by atoms with E-state index in [2.05, 4.69) is 27.9 Å². The van der Waals surface area contributed by atoms with Gasteiger partial charge in [0.05, 0.1) is 0 Å². The molecule has 0 heterocycles. The molecule has 0 radical (unpaired) electrons. The lowest BCUT2D eigenvalue weighted by Gasteiger charge is -2.10. The smallest absolute Gasteiger partial charge is 0.262 e. The number of aryl methyl sites for hydroxylation is 1. The molecule has 0 bridgehead atoms. The lowest BCUT2D eigenvalue weighted by atomic mass is 10.0. The normalized spacial score (nSPS) is 10.4. The Hall–Kier alpha value is -2.74. The van der Waals surface area contributed by atoms with Crippen molar-refractivity contribution in [1.29, 1.82) is 0 Å². The highest BCUT2D eigenvalue weighted by Crippen LogP contribution is 2.18. The molecule has 0 atom stereocenters. The fourth-order valence-corrected chi connectivity index (χ4v) is 3.22. The predicted octanol–water partition coefficient (Wildman–Crippen LogP) is 4.99. The number of anilines is 1. The van der Waals surface area contributed by atoms with Crippen molar-refractivity contribution in [2.75, 3.05) is 11.9 Å². The summed E-state index contributed by atoms with van der Waals surface area (Å²) in [5, 5.41) is 2.81. The molecule has 3 rings (SSSR count). The number of amides is 1. The Morgan fingerprint density at radius 3 is 2.18 bits per heavy atom. The van der Waals surface area contributed by atoms with E-state index in [1.54, 1.807) is 24.3 Å². The van der Waals surface area contributed by atoms with Crippen molar-refractivity contribution in [3.05, 3.63) is 92.8 Å². The predicted molar refractivity (Wildman–Crippen MR) is 114 cm³/mol. The molecule has 0 spiro atoms. The van der Waals surface area contributed by atoms with Crippen LogP contribution in [0.1, 0.15) is 21.5 Å². The average Bonchev–Trinajstić information content (AvgIpc) is 2.69. The van der Waals surface area contributed by atoms with Gasteiger partial charge in [-0.3, -0.25) is 9.59 Å². The zero-order valence-corrected chi connectivity index (χ0v) is 17.2. The molecule has 0 aliphatic carbocycles. The van der Waals surface area contributed by atoms with Crippen LogP contribution in [0.3, 0.4) is 0 Å². The largest absolute Gasteiger partial charge is 0.484 e. The molecule has 6 heteroatoms. The van der Waals surface area contributed by atoms with E-state index in [0.717, 1.165) is 14.8 Å². The average molecular weight is 489 g/mol. The van der Waals surface area contributed by atoms with Crippen LogP contribution in [0.25, 0.3) is 0 Å². The maximum absolute atomic E-state index is 13.0. The van der Waals surface area contributed by atoms with Gasteiger partial charge >= 0.3 is 0 Å². The molecule has 3 aromatic carbocycles. The van der Waals surface area contributed by atoms with Gasteiger partial charge in [0.25, 0.3) is 5.91 Å². The van der Waals surface area contributed by atoms with E-state index in [0.29, 0.717) is 16.9 Å². The Balaban J connectivity index is 1.57. The van der Waals surface area contributed by atoms with E-state index in [9.17, 15) is 14.0 Å². The number of carbonyl (C=O) groups excluding carboxylic acids is 2. The number of rotatable bonds is 6. The van der Waals surface area contributed by atoms with Gasteiger partial charge in [-0.2, -0.15) is 0 Å². The molecule has 4 nitrogen and oxygen atoms in total. The van der Waals surface area contributed by atoms with Crippen molar-refractivity contribution in [2.45, 2.75) is 6.92 Å². The Kier molecular flexibility index (Phi) is 6.41. The number of hydrogen-bond donors (Lipinski definition) is 1. The number of nitrogens with one attached hydrogen (secondary N) is 1. The van der Waals surface area contributed by atoms with Gasteiger partial charge in [0.1, 0.15) is 11.6 Å². The van der Waals surface area contributed by atoms with Gasteiger partial charge in [-0.15, -0.1) is 0 Å². The Bertz CT molecular complexity index is 1000. The Labute approximate surface area is 175 Å². The lowest BCUT2D eigenvalue weighted by Crippen LogP contribution is -2.20. The van der Waals surface area contributed by atoms with Gasteiger partial charge < -0.3 is 10.1 Å². The van der Waals surface area contributed by atoms with Crippen molar-refractivity contribution in [3.63, 3.8) is 0 Å². The number of carbonyl (C=O) groups is 2. The first-order chi connectivity index (χ1) is 13.4. The molecule has 3 aromatic rings. The minimum Gasteiger partial charge on any atom is -0.484 e. The highest BCUT2D eigenvalue weighted by atomic mass is 127. The quantitative estimate of drug-likeness (QED) is 0.393. The van der Waals surface area contributed by atoms with Crippen molar-refractivity contribution in [1.82, 2.24) is 0 Å². The molecule has 28 heavy (non-hydrogen) atoms. The number of halogens is 2. The Morgan fingerprint density at radius 2 is 1.57 bits per heavy atom. The summed E-state index contributed by atoms with van der Waals surface area (Å²) < 4.78 is 19.6. The summed E-state index contributed by atoms with van der Waals surface area (Å²) in [5.74, 6) is -0.390. The molecule has 1 amide bonds. The summed E-state index contributed by atoms with van der Waals surface area (Å²) in [6.45, 7) is 1.78. The summed E-state index contributed by atoms with van der Waals surface area (Å²) >= 11 is 2.21.